The van der Waals surface area contributed by atoms with E-state index >= 15 is 0 Å². The Morgan fingerprint density at radius 2 is 1.96 bits per heavy atom. The van der Waals surface area contributed by atoms with E-state index in [0.717, 1.165) is 6.54 Å². The van der Waals surface area contributed by atoms with Crippen LogP contribution in [-0.2, 0) is 16.1 Å². The lowest BCUT2D eigenvalue weighted by molar-refractivity contribution is -0.139. The van der Waals surface area contributed by atoms with E-state index < -0.39 is 0 Å². The molecule has 0 aliphatic carbocycles. The number of esters is 1. The number of nitrogens with zero attached hydrogens (tertiary/aromatic N) is 1. The zero-order chi connectivity index (χ0) is 19.3. The summed E-state index contributed by atoms with van der Waals surface area (Å²) in [5, 5.41) is 5.59. The lowest BCUT2D eigenvalue weighted by atomic mass is 9.99. The largest absolute Gasteiger partial charge is 0.463 e. The highest BCUT2D eigenvalue weighted by molar-refractivity contribution is 5.94. The molecule has 0 saturated carbocycles. The number of likely N-dealkylation sites (N-methyl/N-ethyl adjacent to an activating group) is 1. The summed E-state index contributed by atoms with van der Waals surface area (Å²) in [6, 6.07) is 5.77. The van der Waals surface area contributed by atoms with Gasteiger partial charge in [-0.2, -0.15) is 0 Å². The highest BCUT2D eigenvalue weighted by Crippen LogP contribution is 2.19. The van der Waals surface area contributed by atoms with Crippen LogP contribution in [-0.4, -0.2) is 43.1 Å². The predicted molar refractivity (Wildman–Crippen MR) is 102 cm³/mol. The lowest BCUT2D eigenvalue weighted by Crippen LogP contribution is -2.51. The summed E-state index contributed by atoms with van der Waals surface area (Å²) in [7, 11) is 1.98. The highest BCUT2D eigenvalue weighted by Gasteiger charge is 2.31. The van der Waals surface area contributed by atoms with E-state index in [1.54, 1.807) is 6.92 Å². The van der Waals surface area contributed by atoms with E-state index in [2.05, 4.69) is 47.6 Å². The van der Waals surface area contributed by atoms with Gasteiger partial charge in [0.05, 0.1) is 18.2 Å². The van der Waals surface area contributed by atoms with Crippen molar-refractivity contribution in [3.8, 4) is 0 Å². The summed E-state index contributed by atoms with van der Waals surface area (Å²) >= 11 is 0. The molecular weight excluding hydrogens is 330 g/mol. The number of aryl methyl sites for hydroxylation is 2. The molecule has 1 atom stereocenters. The van der Waals surface area contributed by atoms with Gasteiger partial charge in [0.2, 0.25) is 0 Å². The van der Waals surface area contributed by atoms with Gasteiger partial charge < -0.3 is 15.4 Å². The van der Waals surface area contributed by atoms with Gasteiger partial charge in [0, 0.05) is 18.8 Å². The summed E-state index contributed by atoms with van der Waals surface area (Å²) in [6.45, 7) is 9.38. The molecule has 2 rings (SSSR count). The van der Waals surface area contributed by atoms with Gasteiger partial charge in [-0.15, -0.1) is 0 Å². The quantitative estimate of drug-likeness (QED) is 0.734. The van der Waals surface area contributed by atoms with Crippen LogP contribution in [0.5, 0.6) is 0 Å². The molecule has 142 valence electrons. The van der Waals surface area contributed by atoms with Crippen LogP contribution in [0.4, 0.5) is 4.79 Å². The standard InChI is InChI=1S/C20H29N3O3/c1-6-16-18(19(24)26-7-2)17(22-20(25)21-16)12-23(5)11-15-9-8-13(3)10-14(15)4/h8-10,16H,6-7,11-12H2,1-5H3,(H2,21,22,25)/t16-/m0/s1. The third kappa shape index (κ3) is 4.85. The molecule has 2 N–H and O–H groups in total. The fraction of sp³-hybridized carbons (Fsp3) is 0.500. The number of carbonyl (C=O) groups is 2. The fourth-order valence-electron chi connectivity index (χ4n) is 3.23. The normalized spacial score (nSPS) is 17.2. The number of ether oxygens (including phenoxy) is 1. The van der Waals surface area contributed by atoms with Crippen LogP contribution in [0.3, 0.4) is 0 Å². The maximum Gasteiger partial charge on any atom is 0.337 e. The molecule has 0 fully saturated rings. The van der Waals surface area contributed by atoms with Gasteiger partial charge in [-0.25, -0.2) is 9.59 Å². The number of nitrogens with one attached hydrogen (secondary N) is 2. The van der Waals surface area contributed by atoms with Crippen molar-refractivity contribution in [2.75, 3.05) is 20.2 Å². The Balaban J connectivity index is 2.23. The Kier molecular flexibility index (Phi) is 6.80. The minimum Gasteiger partial charge on any atom is -0.463 e. The minimum atomic E-state index is -0.373. The average Bonchev–Trinajstić information content (AvgIpc) is 2.56. The maximum atomic E-state index is 12.4. The van der Waals surface area contributed by atoms with Gasteiger partial charge in [0.15, 0.2) is 0 Å². The molecule has 26 heavy (non-hydrogen) atoms. The van der Waals surface area contributed by atoms with Crippen molar-refractivity contribution >= 4 is 12.0 Å². The van der Waals surface area contributed by atoms with Crippen LogP contribution in [0.2, 0.25) is 0 Å². The average molecular weight is 359 g/mol. The second kappa shape index (κ2) is 8.85. The first-order valence-corrected chi connectivity index (χ1v) is 9.08. The van der Waals surface area contributed by atoms with Gasteiger partial charge in [-0.1, -0.05) is 30.7 Å². The van der Waals surface area contributed by atoms with Crippen LogP contribution in [0.25, 0.3) is 0 Å². The zero-order valence-electron chi connectivity index (χ0n) is 16.3. The molecule has 1 heterocycles. The predicted octanol–water partition coefficient (Wildman–Crippen LogP) is 2.64. The fourth-order valence-corrected chi connectivity index (χ4v) is 3.23. The third-order valence-electron chi connectivity index (χ3n) is 4.51. The first-order chi connectivity index (χ1) is 12.3. The van der Waals surface area contributed by atoms with Crippen LogP contribution < -0.4 is 10.6 Å². The van der Waals surface area contributed by atoms with Crippen molar-refractivity contribution in [3.05, 3.63) is 46.2 Å². The van der Waals surface area contributed by atoms with E-state index in [1.807, 2.05) is 14.0 Å². The summed E-state index contributed by atoms with van der Waals surface area (Å²) < 4.78 is 5.20. The van der Waals surface area contributed by atoms with E-state index in [4.69, 9.17) is 4.74 Å². The van der Waals surface area contributed by atoms with E-state index in [0.29, 0.717) is 30.8 Å². The highest BCUT2D eigenvalue weighted by atomic mass is 16.5. The summed E-state index contributed by atoms with van der Waals surface area (Å²) in [6.07, 6.45) is 0.631. The number of amides is 2. The first kappa shape index (κ1) is 20.0. The SMILES string of the molecule is CCOC(=O)C1=C(CN(C)Cc2ccc(C)cc2C)NC(=O)N[C@H]1CC. The smallest absolute Gasteiger partial charge is 0.337 e. The molecule has 1 aliphatic rings. The number of benzene rings is 1. The number of hydrogen-bond donors (Lipinski definition) is 2. The molecule has 1 aliphatic heterocycles. The van der Waals surface area contributed by atoms with Crippen molar-refractivity contribution in [1.82, 2.24) is 15.5 Å². The van der Waals surface area contributed by atoms with Gasteiger partial charge >= 0.3 is 12.0 Å². The molecular formula is C20H29N3O3. The Bertz CT molecular complexity index is 712. The minimum absolute atomic E-state index is 0.278. The molecule has 0 radical (unpaired) electrons. The second-order valence-electron chi connectivity index (χ2n) is 6.77. The first-order valence-electron chi connectivity index (χ1n) is 9.08. The van der Waals surface area contributed by atoms with Crippen molar-refractivity contribution in [3.63, 3.8) is 0 Å². The molecule has 2 amide bonds. The molecule has 0 saturated heterocycles. The van der Waals surface area contributed by atoms with Crippen LogP contribution in [0.15, 0.2) is 29.5 Å². The van der Waals surface area contributed by atoms with E-state index in [-0.39, 0.29) is 18.0 Å². The Morgan fingerprint density at radius 3 is 2.58 bits per heavy atom. The lowest BCUT2D eigenvalue weighted by Gasteiger charge is -2.30. The van der Waals surface area contributed by atoms with Crippen molar-refractivity contribution in [2.45, 2.75) is 46.7 Å². The van der Waals surface area contributed by atoms with Crippen molar-refractivity contribution < 1.29 is 14.3 Å². The van der Waals surface area contributed by atoms with Crippen LogP contribution >= 0.6 is 0 Å². The van der Waals surface area contributed by atoms with E-state index in [9.17, 15) is 9.59 Å². The number of hydrogen-bond acceptors (Lipinski definition) is 4. The number of carbonyl (C=O) groups excluding carboxylic acids is 2. The van der Waals surface area contributed by atoms with Gasteiger partial charge in [-0.3, -0.25) is 4.90 Å². The Hall–Kier alpha value is -2.34. The van der Waals surface area contributed by atoms with Gasteiger partial charge in [0.1, 0.15) is 0 Å². The van der Waals surface area contributed by atoms with Crippen molar-refractivity contribution in [1.29, 1.82) is 0 Å². The summed E-state index contributed by atoms with van der Waals surface area (Å²) in [5.41, 5.74) is 4.83. The molecule has 0 aromatic heterocycles. The van der Waals surface area contributed by atoms with Gasteiger partial charge in [-0.05, 0) is 45.4 Å². The monoisotopic (exact) mass is 359 g/mol. The summed E-state index contributed by atoms with van der Waals surface area (Å²) in [4.78, 5) is 26.5. The van der Waals surface area contributed by atoms with Gasteiger partial charge in [0.25, 0.3) is 0 Å². The summed E-state index contributed by atoms with van der Waals surface area (Å²) in [5.74, 6) is -0.373. The Morgan fingerprint density at radius 1 is 1.23 bits per heavy atom. The molecule has 6 nitrogen and oxygen atoms in total. The number of rotatable bonds is 7. The van der Waals surface area contributed by atoms with Crippen LogP contribution in [0.1, 0.15) is 37.0 Å². The number of urea groups is 1. The second-order valence-corrected chi connectivity index (χ2v) is 6.77. The maximum absolute atomic E-state index is 12.4. The van der Waals surface area contributed by atoms with Crippen LogP contribution in [0, 0.1) is 13.8 Å². The molecule has 0 spiro atoms. The molecule has 1 aromatic carbocycles. The Labute approximate surface area is 155 Å². The van der Waals surface area contributed by atoms with Crippen molar-refractivity contribution in [2.24, 2.45) is 0 Å². The molecule has 1 aromatic rings. The molecule has 0 unspecified atom stereocenters. The third-order valence-corrected chi connectivity index (χ3v) is 4.51. The molecule has 0 bridgehead atoms. The molecule has 6 heteroatoms. The van der Waals surface area contributed by atoms with E-state index in [1.165, 1.54) is 16.7 Å². The zero-order valence-corrected chi connectivity index (χ0v) is 16.3. The topological polar surface area (TPSA) is 70.7 Å².